The van der Waals surface area contributed by atoms with E-state index in [2.05, 4.69) is 0 Å². The second-order valence-corrected chi connectivity index (χ2v) is 6.06. The largest absolute Gasteiger partial charge is 0.295 e. The van der Waals surface area contributed by atoms with Gasteiger partial charge < -0.3 is 0 Å². The lowest BCUT2D eigenvalue weighted by atomic mass is 9.81. The van der Waals surface area contributed by atoms with Gasteiger partial charge in [0.2, 0.25) is 0 Å². The number of halogens is 2. The topological polar surface area (TPSA) is 17.1 Å². The zero-order valence-electron chi connectivity index (χ0n) is 11.4. The molecule has 0 bridgehead atoms. The number of carbonyl (C=O) groups excluding carboxylic acids is 1. The van der Waals surface area contributed by atoms with Gasteiger partial charge in [-0.25, -0.2) is 0 Å². The van der Waals surface area contributed by atoms with E-state index in [1.54, 1.807) is 6.08 Å². The first-order valence-corrected chi connectivity index (χ1v) is 7.63. The Kier molecular flexibility index (Phi) is 4.14. The molecular weight excluding hydrogens is 303 g/mol. The molecular formula is C18H14Cl2O. The predicted octanol–water partition coefficient (Wildman–Crippen LogP) is 5.52. The average Bonchev–Trinajstić information content (AvgIpc) is 2.47. The lowest BCUT2D eigenvalue weighted by Crippen LogP contribution is -2.13. The van der Waals surface area contributed by atoms with E-state index in [1.165, 1.54) is 0 Å². The Labute approximate surface area is 134 Å². The van der Waals surface area contributed by atoms with Crippen LogP contribution in [0, 0.1) is 0 Å². The van der Waals surface area contributed by atoms with Crippen LogP contribution in [0.4, 0.5) is 0 Å². The fourth-order valence-corrected chi connectivity index (χ4v) is 3.38. The predicted molar refractivity (Wildman–Crippen MR) is 87.9 cm³/mol. The molecule has 106 valence electrons. The standard InChI is InChI=1S/C18H14Cl2O/c19-17-7-3-1-5-15(17)12-9-13(11-14(21)10-12)16-6-2-4-8-18(16)20/h1-8,10,13H,9,11H2. The number of benzene rings is 2. The van der Waals surface area contributed by atoms with Crippen LogP contribution in [-0.2, 0) is 4.79 Å². The molecule has 1 unspecified atom stereocenters. The lowest BCUT2D eigenvalue weighted by molar-refractivity contribution is -0.115. The van der Waals surface area contributed by atoms with Gasteiger partial charge in [-0.15, -0.1) is 0 Å². The maximum Gasteiger partial charge on any atom is 0.156 e. The highest BCUT2D eigenvalue weighted by Crippen LogP contribution is 2.40. The molecule has 1 aliphatic carbocycles. The van der Waals surface area contributed by atoms with E-state index >= 15 is 0 Å². The molecule has 3 heteroatoms. The Morgan fingerprint density at radius 3 is 2.24 bits per heavy atom. The number of ketones is 1. The molecule has 0 aromatic heterocycles. The summed E-state index contributed by atoms with van der Waals surface area (Å²) in [7, 11) is 0. The SMILES string of the molecule is O=C1C=C(c2ccccc2Cl)CC(c2ccccc2Cl)C1. The Hall–Kier alpha value is -1.57. The smallest absolute Gasteiger partial charge is 0.156 e. The van der Waals surface area contributed by atoms with Gasteiger partial charge in [-0.2, -0.15) is 0 Å². The van der Waals surface area contributed by atoms with Gasteiger partial charge in [0.25, 0.3) is 0 Å². The molecule has 1 atom stereocenters. The summed E-state index contributed by atoms with van der Waals surface area (Å²) in [6, 6.07) is 15.4. The fourth-order valence-electron chi connectivity index (χ4n) is 2.83. The Balaban J connectivity index is 1.97. The maximum atomic E-state index is 12.1. The van der Waals surface area contributed by atoms with E-state index in [0.29, 0.717) is 11.4 Å². The minimum Gasteiger partial charge on any atom is -0.295 e. The first-order valence-electron chi connectivity index (χ1n) is 6.88. The molecule has 21 heavy (non-hydrogen) atoms. The molecule has 0 N–H and O–H groups in total. The first-order chi connectivity index (χ1) is 10.1. The normalized spacial score (nSPS) is 18.5. The summed E-state index contributed by atoms with van der Waals surface area (Å²) in [6.45, 7) is 0. The minimum atomic E-state index is 0.113. The highest BCUT2D eigenvalue weighted by Gasteiger charge is 2.25. The molecule has 0 aliphatic heterocycles. The molecule has 0 saturated carbocycles. The van der Waals surface area contributed by atoms with Gasteiger partial charge in [0.15, 0.2) is 5.78 Å². The second kappa shape index (κ2) is 6.05. The Bertz CT molecular complexity index is 719. The summed E-state index contributed by atoms with van der Waals surface area (Å²) in [5.41, 5.74) is 2.95. The quantitative estimate of drug-likeness (QED) is 0.712. The molecule has 1 nitrogen and oxygen atoms in total. The van der Waals surface area contributed by atoms with Gasteiger partial charge >= 0.3 is 0 Å². The van der Waals surface area contributed by atoms with Crippen molar-refractivity contribution in [2.45, 2.75) is 18.8 Å². The van der Waals surface area contributed by atoms with E-state index in [0.717, 1.165) is 28.1 Å². The number of hydrogen-bond acceptors (Lipinski definition) is 1. The van der Waals surface area contributed by atoms with Crippen molar-refractivity contribution in [2.75, 3.05) is 0 Å². The summed E-state index contributed by atoms with van der Waals surface area (Å²) in [5.74, 6) is 0.239. The molecule has 2 aromatic carbocycles. The average molecular weight is 317 g/mol. The zero-order chi connectivity index (χ0) is 14.8. The summed E-state index contributed by atoms with van der Waals surface area (Å²) < 4.78 is 0. The third-order valence-corrected chi connectivity index (χ3v) is 4.49. The summed E-state index contributed by atoms with van der Waals surface area (Å²) >= 11 is 12.5. The molecule has 0 heterocycles. The monoisotopic (exact) mass is 316 g/mol. The van der Waals surface area contributed by atoms with Gasteiger partial charge in [0.05, 0.1) is 0 Å². The van der Waals surface area contributed by atoms with Crippen molar-refractivity contribution in [3.63, 3.8) is 0 Å². The highest BCUT2D eigenvalue weighted by atomic mass is 35.5. The van der Waals surface area contributed by atoms with Crippen LogP contribution in [0.5, 0.6) is 0 Å². The number of carbonyl (C=O) groups is 1. The molecule has 1 aliphatic rings. The van der Waals surface area contributed by atoms with Crippen LogP contribution in [0.1, 0.15) is 29.9 Å². The van der Waals surface area contributed by atoms with Crippen molar-refractivity contribution in [2.24, 2.45) is 0 Å². The third kappa shape index (κ3) is 3.04. The summed E-state index contributed by atoms with van der Waals surface area (Å²) in [6.07, 6.45) is 2.99. The molecule has 0 spiro atoms. The summed E-state index contributed by atoms with van der Waals surface area (Å²) in [4.78, 5) is 12.1. The van der Waals surface area contributed by atoms with Gasteiger partial charge in [-0.05, 0) is 47.2 Å². The Morgan fingerprint density at radius 1 is 0.857 bits per heavy atom. The second-order valence-electron chi connectivity index (χ2n) is 5.24. The van der Waals surface area contributed by atoms with Crippen LogP contribution in [0.3, 0.4) is 0 Å². The van der Waals surface area contributed by atoms with Gasteiger partial charge in [-0.3, -0.25) is 4.79 Å². The van der Waals surface area contributed by atoms with E-state index in [9.17, 15) is 4.79 Å². The van der Waals surface area contributed by atoms with Crippen molar-refractivity contribution < 1.29 is 4.79 Å². The first kappa shape index (κ1) is 14.4. The number of rotatable bonds is 2. The molecule has 2 aromatic rings. The van der Waals surface area contributed by atoms with Crippen LogP contribution in [0.15, 0.2) is 54.6 Å². The minimum absolute atomic E-state index is 0.113. The van der Waals surface area contributed by atoms with E-state index < -0.39 is 0 Å². The van der Waals surface area contributed by atoms with Crippen molar-refractivity contribution in [1.29, 1.82) is 0 Å². The third-order valence-electron chi connectivity index (χ3n) is 3.81. The van der Waals surface area contributed by atoms with E-state index in [-0.39, 0.29) is 11.7 Å². The van der Waals surface area contributed by atoms with Gasteiger partial charge in [0, 0.05) is 16.5 Å². The van der Waals surface area contributed by atoms with Gasteiger partial charge in [-0.1, -0.05) is 59.6 Å². The van der Waals surface area contributed by atoms with Crippen LogP contribution in [0.2, 0.25) is 10.0 Å². The van der Waals surface area contributed by atoms with Crippen LogP contribution >= 0.6 is 23.2 Å². The van der Waals surface area contributed by atoms with E-state index in [4.69, 9.17) is 23.2 Å². The van der Waals surface area contributed by atoms with Crippen molar-refractivity contribution in [3.05, 3.63) is 75.8 Å². The molecule has 3 rings (SSSR count). The zero-order valence-corrected chi connectivity index (χ0v) is 12.9. The number of hydrogen-bond donors (Lipinski definition) is 0. The van der Waals surface area contributed by atoms with Crippen molar-refractivity contribution in [3.8, 4) is 0 Å². The van der Waals surface area contributed by atoms with Crippen LogP contribution in [-0.4, -0.2) is 5.78 Å². The van der Waals surface area contributed by atoms with Crippen LogP contribution < -0.4 is 0 Å². The highest BCUT2D eigenvalue weighted by molar-refractivity contribution is 6.32. The summed E-state index contributed by atoms with van der Waals surface area (Å²) in [5, 5.41) is 1.40. The lowest BCUT2D eigenvalue weighted by Gasteiger charge is -2.24. The molecule has 0 radical (unpaired) electrons. The Morgan fingerprint density at radius 2 is 1.52 bits per heavy atom. The molecule has 0 amide bonds. The fraction of sp³-hybridized carbons (Fsp3) is 0.167. The molecule has 0 fully saturated rings. The van der Waals surface area contributed by atoms with Gasteiger partial charge in [0.1, 0.15) is 0 Å². The number of allylic oxidation sites excluding steroid dienone is 2. The van der Waals surface area contributed by atoms with Crippen molar-refractivity contribution in [1.82, 2.24) is 0 Å². The van der Waals surface area contributed by atoms with E-state index in [1.807, 2.05) is 48.5 Å². The van der Waals surface area contributed by atoms with Crippen LogP contribution in [0.25, 0.3) is 5.57 Å². The molecule has 0 saturated heterocycles. The maximum absolute atomic E-state index is 12.1. The van der Waals surface area contributed by atoms with Crippen molar-refractivity contribution >= 4 is 34.6 Å².